The molecule has 4 aromatic rings. The van der Waals surface area contributed by atoms with Gasteiger partial charge in [0.25, 0.3) is 0 Å². The average molecular weight is 381 g/mol. The van der Waals surface area contributed by atoms with Crippen LogP contribution in [-0.2, 0) is 11.2 Å². The molecule has 5 nitrogen and oxygen atoms in total. The molecule has 1 amide bonds. The van der Waals surface area contributed by atoms with Gasteiger partial charge in [-0.25, -0.2) is 4.98 Å². The van der Waals surface area contributed by atoms with Gasteiger partial charge >= 0.3 is 0 Å². The van der Waals surface area contributed by atoms with Crippen molar-refractivity contribution < 1.29 is 9.32 Å². The monoisotopic (exact) mass is 381 g/mol. The average Bonchev–Trinajstić information content (AvgIpc) is 3.29. The molecule has 2 aromatic carbocycles. The van der Waals surface area contributed by atoms with Gasteiger partial charge in [0.05, 0.1) is 12.1 Å². The van der Waals surface area contributed by atoms with Crippen molar-refractivity contribution in [3.63, 3.8) is 0 Å². The predicted octanol–water partition coefficient (Wildman–Crippen LogP) is 4.85. The maximum Gasteiger partial charge on any atom is 0.232 e. The van der Waals surface area contributed by atoms with Crippen molar-refractivity contribution >= 4 is 45.1 Å². The molecule has 0 atom stereocenters. The molecule has 4 rings (SSSR count). The number of carbonyl (C=O) groups excluding carboxylic acids is 1. The lowest BCUT2D eigenvalue weighted by atomic mass is 10.2. The van der Waals surface area contributed by atoms with Crippen LogP contribution in [0.3, 0.4) is 0 Å². The second kappa shape index (κ2) is 7.31. The third kappa shape index (κ3) is 3.49. The highest BCUT2D eigenvalue weighted by Gasteiger charge is 2.14. The van der Waals surface area contributed by atoms with Crippen LogP contribution in [0.25, 0.3) is 22.2 Å². The van der Waals surface area contributed by atoms with E-state index in [2.05, 4.69) is 27.6 Å². The van der Waals surface area contributed by atoms with Crippen molar-refractivity contribution in [2.45, 2.75) is 11.3 Å². The zero-order chi connectivity index (χ0) is 17.9. The summed E-state index contributed by atoms with van der Waals surface area (Å²) in [6.45, 7) is 0. The summed E-state index contributed by atoms with van der Waals surface area (Å²) in [4.78, 5) is 18.0. The Bertz CT molecular complexity index is 1050. The summed E-state index contributed by atoms with van der Waals surface area (Å²) in [5, 5.41) is 10.2. The molecule has 1 N–H and O–H groups in total. The maximum atomic E-state index is 12.3. The smallest absolute Gasteiger partial charge is 0.232 e. The highest BCUT2D eigenvalue weighted by Crippen LogP contribution is 2.27. The highest BCUT2D eigenvalue weighted by atomic mass is 32.2. The topological polar surface area (TPSA) is 68.0 Å². The van der Waals surface area contributed by atoms with Crippen molar-refractivity contribution in [1.82, 2.24) is 10.1 Å². The Morgan fingerprint density at radius 1 is 1.19 bits per heavy atom. The molecular weight excluding hydrogens is 366 g/mol. The number of amides is 1. The highest BCUT2D eigenvalue weighted by molar-refractivity contribution is 7.98. The zero-order valence-electron chi connectivity index (χ0n) is 13.9. The summed E-state index contributed by atoms with van der Waals surface area (Å²) < 4.78 is 5.24. The molecule has 0 bridgehead atoms. The standard InChI is InChI=1S/C19H15N3O2S2/c1-25-13-8-6-12(7-9-13)16-11-26-19(20-16)21-18(23)10-15-14-4-2-3-5-17(14)24-22-15/h2-9,11H,10H2,1H3,(H,20,21,23). The first-order chi connectivity index (χ1) is 12.7. The second-order valence-corrected chi connectivity index (χ2v) is 7.35. The number of rotatable bonds is 5. The van der Waals surface area contributed by atoms with Crippen molar-refractivity contribution in [1.29, 1.82) is 0 Å². The van der Waals surface area contributed by atoms with Crippen molar-refractivity contribution in [2.75, 3.05) is 11.6 Å². The quantitative estimate of drug-likeness (QED) is 0.500. The number of benzene rings is 2. The van der Waals surface area contributed by atoms with Crippen LogP contribution < -0.4 is 5.32 Å². The number of nitrogens with zero attached hydrogens (tertiary/aromatic N) is 2. The third-order valence-electron chi connectivity index (χ3n) is 3.92. The minimum Gasteiger partial charge on any atom is -0.356 e. The molecule has 0 aliphatic carbocycles. The summed E-state index contributed by atoms with van der Waals surface area (Å²) in [6, 6.07) is 15.7. The van der Waals surface area contributed by atoms with Gasteiger partial charge in [-0.3, -0.25) is 4.79 Å². The summed E-state index contributed by atoms with van der Waals surface area (Å²) in [5.74, 6) is -0.164. The number of thioether (sulfide) groups is 1. The fraction of sp³-hybridized carbons (Fsp3) is 0.105. The van der Waals surface area contributed by atoms with Crippen LogP contribution in [0.2, 0.25) is 0 Å². The molecule has 7 heteroatoms. The van der Waals surface area contributed by atoms with E-state index < -0.39 is 0 Å². The van der Waals surface area contributed by atoms with Crippen molar-refractivity contribution in [2.24, 2.45) is 0 Å². The van der Waals surface area contributed by atoms with Crippen LogP contribution in [0.1, 0.15) is 5.69 Å². The number of hydrogen-bond donors (Lipinski definition) is 1. The Hall–Kier alpha value is -2.64. The summed E-state index contributed by atoms with van der Waals surface area (Å²) >= 11 is 3.11. The lowest BCUT2D eigenvalue weighted by molar-refractivity contribution is -0.115. The van der Waals surface area contributed by atoms with Gasteiger partial charge in [-0.05, 0) is 30.5 Å². The molecule has 0 aliphatic heterocycles. The van der Waals surface area contributed by atoms with E-state index in [4.69, 9.17) is 4.52 Å². The van der Waals surface area contributed by atoms with E-state index in [1.807, 2.05) is 48.0 Å². The third-order valence-corrected chi connectivity index (χ3v) is 5.42. The van der Waals surface area contributed by atoms with E-state index in [1.165, 1.54) is 16.2 Å². The van der Waals surface area contributed by atoms with Gasteiger partial charge in [0.2, 0.25) is 5.91 Å². The molecule has 0 fully saturated rings. The van der Waals surface area contributed by atoms with Gasteiger partial charge < -0.3 is 9.84 Å². The van der Waals surface area contributed by atoms with Crippen LogP contribution >= 0.6 is 23.1 Å². The number of para-hydroxylation sites is 1. The Balaban J connectivity index is 1.45. The van der Waals surface area contributed by atoms with E-state index in [-0.39, 0.29) is 12.3 Å². The van der Waals surface area contributed by atoms with E-state index >= 15 is 0 Å². The summed E-state index contributed by atoms with van der Waals surface area (Å²) in [6.07, 6.45) is 2.19. The first-order valence-electron chi connectivity index (χ1n) is 7.96. The lowest BCUT2D eigenvalue weighted by Gasteiger charge is -2.00. The number of anilines is 1. The molecule has 0 radical (unpaired) electrons. The van der Waals surface area contributed by atoms with Gasteiger partial charge in [-0.2, -0.15) is 0 Å². The normalized spacial score (nSPS) is 11.0. The minimum absolute atomic E-state index is 0.147. The molecule has 2 aromatic heterocycles. The van der Waals surface area contributed by atoms with E-state index in [9.17, 15) is 4.79 Å². The van der Waals surface area contributed by atoms with Crippen molar-refractivity contribution in [3.8, 4) is 11.3 Å². The maximum absolute atomic E-state index is 12.3. The van der Waals surface area contributed by atoms with Gasteiger partial charge in [0.1, 0.15) is 5.69 Å². The predicted molar refractivity (Wildman–Crippen MR) is 106 cm³/mol. The molecule has 26 heavy (non-hydrogen) atoms. The first kappa shape index (κ1) is 16.8. The van der Waals surface area contributed by atoms with Gasteiger partial charge in [-0.15, -0.1) is 23.1 Å². The van der Waals surface area contributed by atoms with Crippen LogP contribution in [0.15, 0.2) is 63.3 Å². The van der Waals surface area contributed by atoms with Crippen molar-refractivity contribution in [3.05, 3.63) is 59.6 Å². The molecule has 0 saturated carbocycles. The van der Waals surface area contributed by atoms with Gasteiger partial charge in [0.15, 0.2) is 10.7 Å². The van der Waals surface area contributed by atoms with Crippen LogP contribution in [0.5, 0.6) is 0 Å². The van der Waals surface area contributed by atoms with Crippen LogP contribution in [0.4, 0.5) is 5.13 Å². The number of hydrogen-bond acceptors (Lipinski definition) is 6. The van der Waals surface area contributed by atoms with Crippen LogP contribution in [0, 0.1) is 0 Å². The zero-order valence-corrected chi connectivity index (χ0v) is 15.6. The summed E-state index contributed by atoms with van der Waals surface area (Å²) in [7, 11) is 0. The Kier molecular flexibility index (Phi) is 4.73. The SMILES string of the molecule is CSc1ccc(-c2csc(NC(=O)Cc3noc4ccccc34)n2)cc1. The minimum atomic E-state index is -0.164. The van der Waals surface area contributed by atoms with Gasteiger partial charge in [-0.1, -0.05) is 29.4 Å². The summed E-state index contributed by atoms with van der Waals surface area (Å²) in [5.41, 5.74) is 3.19. The molecule has 0 spiro atoms. The molecule has 0 unspecified atom stereocenters. The fourth-order valence-corrected chi connectivity index (χ4v) is 3.75. The Labute approximate surface area is 158 Å². The molecular formula is C19H15N3O2S2. The number of carbonyl (C=O) groups is 1. The fourth-order valence-electron chi connectivity index (χ4n) is 2.61. The molecule has 130 valence electrons. The lowest BCUT2D eigenvalue weighted by Crippen LogP contribution is -2.14. The van der Waals surface area contributed by atoms with E-state index in [1.54, 1.807) is 11.8 Å². The largest absolute Gasteiger partial charge is 0.356 e. The number of thiazole rings is 1. The molecule has 2 heterocycles. The van der Waals surface area contributed by atoms with Crippen LogP contribution in [-0.4, -0.2) is 22.3 Å². The number of nitrogens with one attached hydrogen (secondary N) is 1. The van der Waals surface area contributed by atoms with Gasteiger partial charge in [0, 0.05) is 21.2 Å². The Morgan fingerprint density at radius 2 is 2.00 bits per heavy atom. The molecule has 0 saturated heterocycles. The van der Waals surface area contributed by atoms with E-state index in [0.29, 0.717) is 16.4 Å². The van der Waals surface area contributed by atoms with E-state index in [0.717, 1.165) is 16.6 Å². The molecule has 0 aliphatic rings. The number of aromatic nitrogens is 2. The Morgan fingerprint density at radius 3 is 2.81 bits per heavy atom. The number of fused-ring (bicyclic) bond motifs is 1. The first-order valence-corrected chi connectivity index (χ1v) is 10.1. The second-order valence-electron chi connectivity index (χ2n) is 5.62.